The molecule has 2 aromatic carbocycles. The van der Waals surface area contributed by atoms with E-state index in [0.29, 0.717) is 0 Å². The van der Waals surface area contributed by atoms with Gasteiger partial charge in [0.15, 0.2) is 5.82 Å². The van der Waals surface area contributed by atoms with E-state index < -0.39 is 0 Å². The molecule has 0 aliphatic rings. The molecule has 0 saturated carbocycles. The first-order chi connectivity index (χ1) is 11.0. The Hall–Kier alpha value is -2.26. The Morgan fingerprint density at radius 2 is 1.52 bits per heavy atom. The molecule has 0 radical (unpaired) electrons. The van der Waals surface area contributed by atoms with Crippen molar-refractivity contribution in [2.45, 2.75) is 26.2 Å². The molecule has 3 heteroatoms. The summed E-state index contributed by atoms with van der Waals surface area (Å²) in [4.78, 5) is 9.84. The summed E-state index contributed by atoms with van der Waals surface area (Å²) in [7, 11) is 0. The summed E-state index contributed by atoms with van der Waals surface area (Å²) in [5.41, 5.74) is 3.24. The number of hydrogen-bond acceptors (Lipinski definition) is 3. The van der Waals surface area contributed by atoms with Gasteiger partial charge in [0.1, 0.15) is 0 Å². The quantitative estimate of drug-likeness (QED) is 0.442. The summed E-state index contributed by atoms with van der Waals surface area (Å²) < 4.78 is 2.48. The van der Waals surface area contributed by atoms with Crippen LogP contribution in [0, 0.1) is 0 Å². The number of benzene rings is 2. The zero-order valence-corrected chi connectivity index (χ0v) is 14.3. The van der Waals surface area contributed by atoms with Gasteiger partial charge in [0.05, 0.1) is 15.9 Å². The normalized spacial score (nSPS) is 12.1. The van der Waals surface area contributed by atoms with Gasteiger partial charge in [-0.3, -0.25) is 0 Å². The Morgan fingerprint density at radius 3 is 2.26 bits per heavy atom. The monoisotopic (exact) mass is 318 g/mol. The molecular formula is C20H18N2S. The molecule has 114 valence electrons. The number of thiophene rings is 1. The van der Waals surface area contributed by atoms with E-state index in [1.165, 1.54) is 14.8 Å². The van der Waals surface area contributed by atoms with Gasteiger partial charge in [-0.05, 0) is 6.07 Å². The lowest BCUT2D eigenvalue weighted by Crippen LogP contribution is -2.14. The van der Waals surface area contributed by atoms with Gasteiger partial charge >= 0.3 is 0 Å². The number of aromatic nitrogens is 2. The number of fused-ring (bicyclic) bond motifs is 3. The van der Waals surface area contributed by atoms with Crippen molar-refractivity contribution in [3.8, 4) is 11.4 Å². The maximum absolute atomic E-state index is 4.94. The summed E-state index contributed by atoms with van der Waals surface area (Å²) in [5.74, 6) is 0.812. The van der Waals surface area contributed by atoms with Crippen LogP contribution >= 0.6 is 11.3 Å². The van der Waals surface area contributed by atoms with Crippen molar-refractivity contribution >= 4 is 31.6 Å². The van der Waals surface area contributed by atoms with Gasteiger partial charge in [0.25, 0.3) is 0 Å². The van der Waals surface area contributed by atoms with E-state index in [-0.39, 0.29) is 5.41 Å². The minimum atomic E-state index is -0.0222. The first-order valence-electron chi connectivity index (χ1n) is 7.79. The van der Waals surface area contributed by atoms with Crippen LogP contribution in [0.2, 0.25) is 0 Å². The van der Waals surface area contributed by atoms with E-state index >= 15 is 0 Å². The van der Waals surface area contributed by atoms with E-state index in [4.69, 9.17) is 9.97 Å². The number of hydrogen-bond donors (Lipinski definition) is 0. The molecule has 2 aromatic heterocycles. The Kier molecular flexibility index (Phi) is 3.20. The summed E-state index contributed by atoms with van der Waals surface area (Å²) >= 11 is 1.79. The molecule has 0 amide bonds. The SMILES string of the molecule is CC(C)(C)c1nc(-c2ccccc2)nc2c1sc1ccccc12. The summed E-state index contributed by atoms with van der Waals surface area (Å²) in [6.07, 6.45) is 0. The average Bonchev–Trinajstić information content (AvgIpc) is 2.92. The summed E-state index contributed by atoms with van der Waals surface area (Å²) in [5, 5.41) is 1.22. The molecule has 4 aromatic rings. The number of nitrogens with zero attached hydrogens (tertiary/aromatic N) is 2. The fourth-order valence-corrected chi connectivity index (χ4v) is 4.16. The third-order valence-electron chi connectivity index (χ3n) is 3.96. The van der Waals surface area contributed by atoms with Crippen molar-refractivity contribution < 1.29 is 0 Å². The van der Waals surface area contributed by atoms with Crippen LogP contribution < -0.4 is 0 Å². The Labute approximate surface area is 139 Å². The topological polar surface area (TPSA) is 25.8 Å². The highest BCUT2D eigenvalue weighted by atomic mass is 32.1. The van der Waals surface area contributed by atoms with Crippen LogP contribution in [0.5, 0.6) is 0 Å². The summed E-state index contributed by atoms with van der Waals surface area (Å²) in [6.45, 7) is 6.65. The van der Waals surface area contributed by atoms with Crippen molar-refractivity contribution in [2.75, 3.05) is 0 Å². The van der Waals surface area contributed by atoms with Gasteiger partial charge in [-0.1, -0.05) is 69.3 Å². The molecule has 0 saturated heterocycles. The first kappa shape index (κ1) is 14.3. The van der Waals surface area contributed by atoms with Crippen molar-refractivity contribution in [1.29, 1.82) is 0 Å². The minimum Gasteiger partial charge on any atom is -0.231 e. The molecule has 0 fully saturated rings. The fourth-order valence-electron chi connectivity index (χ4n) is 2.82. The van der Waals surface area contributed by atoms with Gasteiger partial charge in [0, 0.05) is 21.1 Å². The van der Waals surface area contributed by atoms with Gasteiger partial charge in [-0.15, -0.1) is 11.3 Å². The van der Waals surface area contributed by atoms with E-state index in [1.807, 2.05) is 18.2 Å². The second kappa shape index (κ2) is 5.14. The predicted octanol–water partition coefficient (Wildman–Crippen LogP) is 5.81. The molecule has 0 N–H and O–H groups in total. The Balaban J connectivity index is 2.12. The second-order valence-electron chi connectivity index (χ2n) is 6.79. The molecular weight excluding hydrogens is 300 g/mol. The second-order valence-corrected chi connectivity index (χ2v) is 7.84. The molecule has 2 heterocycles. The molecule has 2 nitrogen and oxygen atoms in total. The highest BCUT2D eigenvalue weighted by molar-refractivity contribution is 7.25. The van der Waals surface area contributed by atoms with Crippen molar-refractivity contribution in [3.63, 3.8) is 0 Å². The van der Waals surface area contributed by atoms with Crippen LogP contribution in [0.25, 0.3) is 31.7 Å². The molecule has 0 bridgehead atoms. The fraction of sp³-hybridized carbons (Fsp3) is 0.200. The van der Waals surface area contributed by atoms with Gasteiger partial charge in [-0.25, -0.2) is 9.97 Å². The first-order valence-corrected chi connectivity index (χ1v) is 8.61. The van der Waals surface area contributed by atoms with Gasteiger partial charge < -0.3 is 0 Å². The maximum Gasteiger partial charge on any atom is 0.160 e. The molecule has 0 spiro atoms. The van der Waals surface area contributed by atoms with Crippen LogP contribution in [0.4, 0.5) is 0 Å². The largest absolute Gasteiger partial charge is 0.231 e. The van der Waals surface area contributed by atoms with Crippen LogP contribution in [-0.4, -0.2) is 9.97 Å². The Bertz CT molecular complexity index is 995. The van der Waals surface area contributed by atoms with Crippen molar-refractivity contribution in [2.24, 2.45) is 0 Å². The molecule has 0 aliphatic carbocycles. The molecule has 0 unspecified atom stereocenters. The van der Waals surface area contributed by atoms with E-state index in [1.54, 1.807) is 11.3 Å². The Morgan fingerprint density at radius 1 is 0.826 bits per heavy atom. The van der Waals surface area contributed by atoms with Crippen LogP contribution in [0.15, 0.2) is 54.6 Å². The highest BCUT2D eigenvalue weighted by Crippen LogP contribution is 2.39. The third-order valence-corrected chi connectivity index (χ3v) is 5.13. The zero-order chi connectivity index (χ0) is 16.0. The van der Waals surface area contributed by atoms with E-state index in [9.17, 15) is 0 Å². The average molecular weight is 318 g/mol. The molecule has 4 rings (SSSR count). The lowest BCUT2D eigenvalue weighted by Gasteiger charge is -2.19. The predicted molar refractivity (Wildman–Crippen MR) is 99.1 cm³/mol. The van der Waals surface area contributed by atoms with E-state index in [0.717, 1.165) is 22.6 Å². The maximum atomic E-state index is 4.94. The van der Waals surface area contributed by atoms with Gasteiger partial charge in [0.2, 0.25) is 0 Å². The van der Waals surface area contributed by atoms with E-state index in [2.05, 4.69) is 57.2 Å². The summed E-state index contributed by atoms with van der Waals surface area (Å²) in [6, 6.07) is 18.7. The van der Waals surface area contributed by atoms with Gasteiger partial charge in [-0.2, -0.15) is 0 Å². The molecule has 0 atom stereocenters. The van der Waals surface area contributed by atoms with Crippen molar-refractivity contribution in [3.05, 3.63) is 60.3 Å². The van der Waals surface area contributed by atoms with Crippen LogP contribution in [0.1, 0.15) is 26.5 Å². The van der Waals surface area contributed by atoms with Crippen molar-refractivity contribution in [1.82, 2.24) is 9.97 Å². The minimum absolute atomic E-state index is 0.0222. The number of rotatable bonds is 1. The van der Waals surface area contributed by atoms with Crippen LogP contribution in [-0.2, 0) is 5.41 Å². The lowest BCUT2D eigenvalue weighted by atomic mass is 9.91. The highest BCUT2D eigenvalue weighted by Gasteiger charge is 2.23. The third kappa shape index (κ3) is 2.41. The van der Waals surface area contributed by atoms with Crippen LogP contribution in [0.3, 0.4) is 0 Å². The zero-order valence-electron chi connectivity index (χ0n) is 13.5. The smallest absolute Gasteiger partial charge is 0.160 e. The molecule has 23 heavy (non-hydrogen) atoms. The molecule has 0 aliphatic heterocycles. The lowest BCUT2D eigenvalue weighted by molar-refractivity contribution is 0.576. The standard InChI is InChI=1S/C20H18N2S/c1-20(2,3)18-17-16(14-11-7-8-12-15(14)23-17)21-19(22-18)13-9-5-4-6-10-13/h4-12H,1-3H3.